The molecule has 1 aromatic rings. The van der Waals surface area contributed by atoms with Crippen molar-refractivity contribution in [2.24, 2.45) is 5.16 Å². The van der Waals surface area contributed by atoms with Crippen molar-refractivity contribution in [3.63, 3.8) is 0 Å². The van der Waals surface area contributed by atoms with Crippen molar-refractivity contribution in [3.8, 4) is 0 Å². The SMILES string of the molecule is CC1(C)S[C@@H]2CC(=O)N2[C@]1(C(=O)O)C(=NOC1CCCCC1)c1ccccc1F. The first kappa shape index (κ1) is 20.2. The van der Waals surface area contributed by atoms with Crippen LogP contribution in [0.15, 0.2) is 29.4 Å². The van der Waals surface area contributed by atoms with Crippen molar-refractivity contribution in [1.29, 1.82) is 0 Å². The summed E-state index contributed by atoms with van der Waals surface area (Å²) in [4.78, 5) is 32.4. The van der Waals surface area contributed by atoms with E-state index in [4.69, 9.17) is 4.84 Å². The highest BCUT2D eigenvalue weighted by Gasteiger charge is 2.72. The van der Waals surface area contributed by atoms with E-state index in [-0.39, 0.29) is 35.1 Å². The van der Waals surface area contributed by atoms with Crippen molar-refractivity contribution >= 4 is 29.4 Å². The predicted octanol–water partition coefficient (Wildman–Crippen LogP) is 3.79. The molecular formula is C21H25FN2O4S. The normalized spacial score (nSPS) is 29.3. The van der Waals surface area contributed by atoms with Gasteiger partial charge in [-0.25, -0.2) is 9.18 Å². The molecule has 1 N–H and O–H groups in total. The molecule has 1 aliphatic carbocycles. The van der Waals surface area contributed by atoms with E-state index in [1.807, 2.05) is 0 Å². The number of carbonyl (C=O) groups excluding carboxylic acids is 1. The van der Waals surface area contributed by atoms with Gasteiger partial charge in [-0.15, -0.1) is 11.8 Å². The van der Waals surface area contributed by atoms with Crippen LogP contribution in [0, 0.1) is 5.82 Å². The maximum absolute atomic E-state index is 14.8. The third-order valence-electron chi connectivity index (χ3n) is 6.20. The second-order valence-electron chi connectivity index (χ2n) is 8.35. The zero-order valence-corrected chi connectivity index (χ0v) is 17.4. The fourth-order valence-electron chi connectivity index (χ4n) is 4.72. The zero-order chi connectivity index (χ0) is 20.8. The maximum Gasteiger partial charge on any atom is 0.337 e. The molecule has 0 unspecified atom stereocenters. The van der Waals surface area contributed by atoms with Gasteiger partial charge in [0.1, 0.15) is 17.6 Å². The van der Waals surface area contributed by atoms with E-state index >= 15 is 0 Å². The Morgan fingerprint density at radius 1 is 1.28 bits per heavy atom. The number of oxime groups is 1. The number of amides is 1. The lowest BCUT2D eigenvalue weighted by atomic mass is 9.75. The second kappa shape index (κ2) is 7.31. The number of rotatable bonds is 5. The standard InChI is InChI=1S/C21H25FN2O4S/c1-20(2)21(19(26)27,24-16(25)12-17(24)29-20)18(14-10-6-7-11-15(14)22)23-28-13-8-4-3-5-9-13/h6-7,10-11,13,17H,3-5,8-9,12H2,1-2H3,(H,26,27)/t17-,21+/m1/s1. The number of hydrogen-bond donors (Lipinski definition) is 1. The van der Waals surface area contributed by atoms with Crippen molar-refractivity contribution in [3.05, 3.63) is 35.6 Å². The molecule has 0 spiro atoms. The molecule has 3 fully saturated rings. The molecule has 2 heterocycles. The van der Waals surface area contributed by atoms with Gasteiger partial charge >= 0.3 is 5.97 Å². The molecule has 2 saturated heterocycles. The van der Waals surface area contributed by atoms with Crippen LogP contribution in [0.3, 0.4) is 0 Å². The monoisotopic (exact) mass is 420 g/mol. The molecule has 1 amide bonds. The van der Waals surface area contributed by atoms with E-state index < -0.39 is 22.1 Å². The lowest BCUT2D eigenvalue weighted by molar-refractivity contribution is -0.162. The first-order valence-corrected chi connectivity index (χ1v) is 10.9. The fraction of sp³-hybridized carbons (Fsp3) is 0.571. The number of β-lactam (4-membered cyclic amide) rings is 1. The van der Waals surface area contributed by atoms with Gasteiger partial charge in [0.05, 0.1) is 16.5 Å². The Morgan fingerprint density at radius 3 is 2.59 bits per heavy atom. The number of halogens is 1. The van der Waals surface area contributed by atoms with Crippen molar-refractivity contribution < 1.29 is 23.9 Å². The third kappa shape index (κ3) is 3.03. The number of carboxylic acids is 1. The summed E-state index contributed by atoms with van der Waals surface area (Å²) in [7, 11) is 0. The summed E-state index contributed by atoms with van der Waals surface area (Å²) in [5, 5.41) is 14.5. The van der Waals surface area contributed by atoms with E-state index in [2.05, 4.69) is 5.16 Å². The van der Waals surface area contributed by atoms with Gasteiger partial charge < -0.3 is 14.8 Å². The quantitative estimate of drug-likeness (QED) is 0.445. The van der Waals surface area contributed by atoms with Gasteiger partial charge in [0.15, 0.2) is 0 Å². The molecule has 3 aliphatic rings. The molecule has 6 nitrogen and oxygen atoms in total. The van der Waals surface area contributed by atoms with Gasteiger partial charge in [0.25, 0.3) is 0 Å². The smallest absolute Gasteiger partial charge is 0.337 e. The van der Waals surface area contributed by atoms with E-state index in [1.165, 1.54) is 34.9 Å². The van der Waals surface area contributed by atoms with E-state index in [9.17, 15) is 19.1 Å². The number of hydrogen-bond acceptors (Lipinski definition) is 5. The van der Waals surface area contributed by atoms with Crippen molar-refractivity contribution in [2.45, 2.75) is 74.1 Å². The highest BCUT2D eigenvalue weighted by atomic mass is 32.2. The zero-order valence-electron chi connectivity index (χ0n) is 16.6. The number of carboxylic acid groups (broad SMARTS) is 1. The second-order valence-corrected chi connectivity index (χ2v) is 10.2. The van der Waals surface area contributed by atoms with Gasteiger partial charge in [-0.1, -0.05) is 23.7 Å². The van der Waals surface area contributed by atoms with Gasteiger partial charge in [-0.2, -0.15) is 0 Å². The molecule has 0 radical (unpaired) electrons. The molecule has 8 heteroatoms. The minimum absolute atomic E-state index is 0.0401. The van der Waals surface area contributed by atoms with Crippen LogP contribution in [0.1, 0.15) is 57.9 Å². The van der Waals surface area contributed by atoms with Gasteiger partial charge in [0.2, 0.25) is 11.4 Å². The van der Waals surface area contributed by atoms with Gasteiger partial charge in [-0.05, 0) is 51.7 Å². The molecule has 156 valence electrons. The fourth-order valence-corrected chi connectivity index (χ4v) is 6.46. The summed E-state index contributed by atoms with van der Waals surface area (Å²) >= 11 is 1.41. The average Bonchev–Trinajstić information content (AvgIpc) is 2.87. The van der Waals surface area contributed by atoms with E-state index in [0.717, 1.165) is 32.1 Å². The molecule has 1 aromatic carbocycles. The minimum atomic E-state index is -1.81. The van der Waals surface area contributed by atoms with Crippen LogP contribution in [0.25, 0.3) is 0 Å². The van der Waals surface area contributed by atoms with Crippen molar-refractivity contribution in [1.82, 2.24) is 4.90 Å². The molecule has 29 heavy (non-hydrogen) atoms. The van der Waals surface area contributed by atoms with Crippen LogP contribution in [-0.2, 0) is 14.4 Å². The molecular weight excluding hydrogens is 395 g/mol. The van der Waals surface area contributed by atoms with Crippen LogP contribution in [0.5, 0.6) is 0 Å². The Morgan fingerprint density at radius 2 is 1.97 bits per heavy atom. The Balaban J connectivity index is 1.87. The summed E-state index contributed by atoms with van der Waals surface area (Å²) in [6.07, 6.45) is 4.99. The molecule has 2 aliphatic heterocycles. The van der Waals surface area contributed by atoms with Gasteiger partial charge in [0, 0.05) is 5.56 Å². The highest BCUT2D eigenvalue weighted by Crippen LogP contribution is 2.58. The summed E-state index contributed by atoms with van der Waals surface area (Å²) < 4.78 is 13.9. The van der Waals surface area contributed by atoms with Crippen LogP contribution >= 0.6 is 11.8 Å². The molecule has 4 rings (SSSR count). The van der Waals surface area contributed by atoms with Gasteiger partial charge in [-0.3, -0.25) is 4.79 Å². The Labute approximate surface area is 173 Å². The highest BCUT2D eigenvalue weighted by molar-refractivity contribution is 8.01. The number of nitrogens with zero attached hydrogens (tertiary/aromatic N) is 2. The summed E-state index contributed by atoms with van der Waals surface area (Å²) in [5.74, 6) is -2.08. The number of aliphatic carboxylic acids is 1. The van der Waals surface area contributed by atoms with E-state index in [1.54, 1.807) is 19.9 Å². The average molecular weight is 421 g/mol. The molecule has 0 aromatic heterocycles. The topological polar surface area (TPSA) is 79.2 Å². The first-order chi connectivity index (χ1) is 13.8. The lowest BCUT2D eigenvalue weighted by Crippen LogP contribution is -2.71. The number of fused-ring (bicyclic) bond motifs is 1. The maximum atomic E-state index is 14.8. The largest absolute Gasteiger partial charge is 0.479 e. The Bertz CT molecular complexity index is 868. The van der Waals surface area contributed by atoms with E-state index in [0.29, 0.717) is 0 Å². The van der Waals surface area contributed by atoms with Crippen molar-refractivity contribution in [2.75, 3.05) is 0 Å². The summed E-state index contributed by atoms with van der Waals surface area (Å²) in [6, 6.07) is 5.94. The Kier molecular flexibility index (Phi) is 5.09. The first-order valence-electron chi connectivity index (χ1n) is 10.0. The number of thioether (sulfide) groups is 1. The third-order valence-corrected chi connectivity index (χ3v) is 7.73. The Hall–Kier alpha value is -2.09. The predicted molar refractivity (Wildman–Crippen MR) is 108 cm³/mol. The molecule has 2 atom stereocenters. The molecule has 1 saturated carbocycles. The van der Waals surface area contributed by atoms with Crippen LogP contribution in [0.2, 0.25) is 0 Å². The van der Waals surface area contributed by atoms with Crippen LogP contribution in [0.4, 0.5) is 4.39 Å². The summed E-state index contributed by atoms with van der Waals surface area (Å²) in [5.41, 5.74) is -1.80. The molecule has 0 bridgehead atoms. The summed E-state index contributed by atoms with van der Waals surface area (Å²) in [6.45, 7) is 3.54. The lowest BCUT2D eigenvalue weighted by Gasteiger charge is -2.46. The minimum Gasteiger partial charge on any atom is -0.479 e. The van der Waals surface area contributed by atoms with Crippen LogP contribution in [-0.4, -0.2) is 49.4 Å². The van der Waals surface area contributed by atoms with Crippen LogP contribution < -0.4 is 0 Å². The number of benzene rings is 1. The number of carbonyl (C=O) groups is 2.